The minimum Gasteiger partial charge on any atom is -0.383 e. The minimum absolute atomic E-state index is 0.477. The van der Waals surface area contributed by atoms with Crippen molar-refractivity contribution in [3.05, 3.63) is 29.8 Å². The predicted octanol–water partition coefficient (Wildman–Crippen LogP) is 3.37. The molecule has 3 nitrogen and oxygen atoms in total. The van der Waals surface area contributed by atoms with Crippen molar-refractivity contribution >= 4 is 5.69 Å². The fourth-order valence-electron chi connectivity index (χ4n) is 2.64. The highest BCUT2D eigenvalue weighted by Crippen LogP contribution is 2.22. The van der Waals surface area contributed by atoms with Gasteiger partial charge in [-0.05, 0) is 49.8 Å². The molecular weight excluding hydrogens is 236 g/mol. The van der Waals surface area contributed by atoms with E-state index < -0.39 is 0 Å². The Labute approximate surface area is 115 Å². The Morgan fingerprint density at radius 3 is 2.63 bits per heavy atom. The highest BCUT2D eigenvalue weighted by molar-refractivity contribution is 5.45. The lowest BCUT2D eigenvalue weighted by molar-refractivity contribution is 0.0629. The van der Waals surface area contributed by atoms with Gasteiger partial charge in [0.1, 0.15) is 0 Å². The maximum Gasteiger partial charge on any atom is 0.0669 e. The molecule has 0 spiro atoms. The Morgan fingerprint density at radius 1 is 1.32 bits per heavy atom. The number of nitriles is 1. The number of benzene rings is 1. The molecule has 3 heteroatoms. The van der Waals surface area contributed by atoms with Crippen LogP contribution in [-0.4, -0.2) is 19.3 Å². The third-order valence-electron chi connectivity index (χ3n) is 3.68. The van der Waals surface area contributed by atoms with E-state index in [4.69, 9.17) is 10.00 Å². The van der Waals surface area contributed by atoms with Gasteiger partial charge in [0.2, 0.25) is 0 Å². The summed E-state index contributed by atoms with van der Waals surface area (Å²) in [5.74, 6) is 0.786. The summed E-state index contributed by atoms with van der Waals surface area (Å²) >= 11 is 0. The summed E-state index contributed by atoms with van der Waals surface area (Å²) in [6, 6.07) is 10.8. The van der Waals surface area contributed by atoms with Crippen LogP contribution in [0.4, 0.5) is 5.69 Å². The molecule has 2 rings (SSSR count). The predicted molar refractivity (Wildman–Crippen MR) is 77.0 cm³/mol. The molecule has 19 heavy (non-hydrogen) atoms. The third-order valence-corrected chi connectivity index (χ3v) is 3.68. The van der Waals surface area contributed by atoms with Crippen molar-refractivity contribution in [3.63, 3.8) is 0 Å². The number of ether oxygens (including phenoxy) is 1. The molecule has 1 fully saturated rings. The van der Waals surface area contributed by atoms with Gasteiger partial charge in [-0.25, -0.2) is 0 Å². The monoisotopic (exact) mass is 258 g/mol. The lowest BCUT2D eigenvalue weighted by atomic mass is 9.93. The van der Waals surface area contributed by atoms with Gasteiger partial charge in [-0.15, -0.1) is 0 Å². The van der Waals surface area contributed by atoms with Gasteiger partial charge in [0, 0.05) is 24.9 Å². The van der Waals surface area contributed by atoms with Gasteiger partial charge in [0.15, 0.2) is 0 Å². The quantitative estimate of drug-likeness (QED) is 0.880. The number of anilines is 1. The molecule has 1 aromatic carbocycles. The molecule has 0 saturated carbocycles. The highest BCUT2D eigenvalue weighted by Gasteiger charge is 2.16. The first kappa shape index (κ1) is 13.9. The number of rotatable bonds is 5. The van der Waals surface area contributed by atoms with Crippen LogP contribution in [0.1, 0.15) is 31.7 Å². The maximum atomic E-state index is 8.64. The zero-order valence-corrected chi connectivity index (χ0v) is 11.6. The van der Waals surface area contributed by atoms with Crippen LogP contribution in [0.15, 0.2) is 24.3 Å². The maximum absolute atomic E-state index is 8.64. The molecule has 1 atom stereocenters. The molecule has 1 N–H and O–H groups in total. The second-order valence-electron chi connectivity index (χ2n) is 5.37. The smallest absolute Gasteiger partial charge is 0.0669 e. The summed E-state index contributed by atoms with van der Waals surface area (Å²) in [6.45, 7) is 4.07. The van der Waals surface area contributed by atoms with Crippen LogP contribution in [0.25, 0.3) is 0 Å². The van der Waals surface area contributed by atoms with Gasteiger partial charge in [0.05, 0.1) is 12.5 Å². The number of nitrogens with zero attached hydrogens (tertiary/aromatic N) is 1. The lowest BCUT2D eigenvalue weighted by Crippen LogP contribution is -2.24. The van der Waals surface area contributed by atoms with Gasteiger partial charge in [-0.1, -0.05) is 12.1 Å². The van der Waals surface area contributed by atoms with Crippen molar-refractivity contribution in [1.29, 1.82) is 5.26 Å². The van der Waals surface area contributed by atoms with Crippen molar-refractivity contribution < 1.29 is 4.74 Å². The largest absolute Gasteiger partial charge is 0.383 e. The average Bonchev–Trinajstić information content (AvgIpc) is 2.42. The Balaban J connectivity index is 1.80. The number of nitrogens with one attached hydrogen (secondary N) is 1. The van der Waals surface area contributed by atoms with Crippen LogP contribution in [0, 0.1) is 17.2 Å². The van der Waals surface area contributed by atoms with Crippen LogP contribution in [0.2, 0.25) is 0 Å². The van der Waals surface area contributed by atoms with Gasteiger partial charge < -0.3 is 10.1 Å². The van der Waals surface area contributed by atoms with Crippen molar-refractivity contribution in [1.82, 2.24) is 0 Å². The molecule has 0 aliphatic carbocycles. The van der Waals surface area contributed by atoms with Crippen LogP contribution in [0.3, 0.4) is 0 Å². The van der Waals surface area contributed by atoms with E-state index in [-0.39, 0.29) is 0 Å². The normalized spacial score (nSPS) is 17.7. The van der Waals surface area contributed by atoms with Gasteiger partial charge in [-0.3, -0.25) is 0 Å². The van der Waals surface area contributed by atoms with E-state index in [1.807, 2.05) is 12.1 Å². The second kappa shape index (κ2) is 7.16. The van der Waals surface area contributed by atoms with Crippen LogP contribution >= 0.6 is 0 Å². The van der Waals surface area contributed by atoms with Crippen LogP contribution in [-0.2, 0) is 11.2 Å². The summed E-state index contributed by atoms with van der Waals surface area (Å²) in [5.41, 5.74) is 2.21. The Hall–Kier alpha value is -1.53. The van der Waals surface area contributed by atoms with E-state index in [1.54, 1.807) is 0 Å². The van der Waals surface area contributed by atoms with Gasteiger partial charge in [-0.2, -0.15) is 5.26 Å². The summed E-state index contributed by atoms with van der Waals surface area (Å²) in [4.78, 5) is 0. The molecule has 102 valence electrons. The van der Waals surface area contributed by atoms with Crippen LogP contribution in [0.5, 0.6) is 0 Å². The van der Waals surface area contributed by atoms with Crippen LogP contribution < -0.4 is 5.32 Å². The molecule has 1 heterocycles. The summed E-state index contributed by atoms with van der Waals surface area (Å²) in [7, 11) is 0. The molecular formula is C16H22N2O. The number of hydrogen-bond donors (Lipinski definition) is 1. The summed E-state index contributed by atoms with van der Waals surface area (Å²) in [5, 5.41) is 12.2. The minimum atomic E-state index is 0.477. The molecule has 1 aliphatic rings. The summed E-state index contributed by atoms with van der Waals surface area (Å²) < 4.78 is 5.39. The van der Waals surface area contributed by atoms with E-state index >= 15 is 0 Å². The zero-order valence-electron chi connectivity index (χ0n) is 11.6. The van der Waals surface area contributed by atoms with Crippen molar-refractivity contribution in [2.75, 3.05) is 18.5 Å². The van der Waals surface area contributed by atoms with Crippen molar-refractivity contribution in [2.45, 2.75) is 38.6 Å². The second-order valence-corrected chi connectivity index (χ2v) is 5.37. The van der Waals surface area contributed by atoms with Crippen molar-refractivity contribution in [3.8, 4) is 6.07 Å². The van der Waals surface area contributed by atoms with E-state index in [0.29, 0.717) is 12.5 Å². The standard InChI is InChI=1S/C16H22N2O/c1-13(12-15-7-10-19-11-8-15)18-16-4-2-14(3-5-16)6-9-17/h2-5,13,15,18H,6-8,10-12H2,1H3/t13-/m0/s1. The lowest BCUT2D eigenvalue weighted by Gasteiger charge is -2.25. The Bertz CT molecular complexity index is 415. The molecule has 1 saturated heterocycles. The Kier molecular flexibility index (Phi) is 5.23. The molecule has 0 amide bonds. The van der Waals surface area contributed by atoms with E-state index in [1.165, 1.54) is 19.3 Å². The summed E-state index contributed by atoms with van der Waals surface area (Å²) in [6.07, 6.45) is 4.06. The van der Waals surface area contributed by atoms with Gasteiger partial charge >= 0.3 is 0 Å². The molecule has 0 radical (unpaired) electrons. The first-order chi connectivity index (χ1) is 9.28. The average molecular weight is 258 g/mol. The van der Waals surface area contributed by atoms with Crippen molar-refractivity contribution in [2.24, 2.45) is 5.92 Å². The molecule has 0 aromatic heterocycles. The first-order valence-corrected chi connectivity index (χ1v) is 7.08. The topological polar surface area (TPSA) is 45.0 Å². The fourth-order valence-corrected chi connectivity index (χ4v) is 2.64. The molecule has 0 unspecified atom stereocenters. The zero-order chi connectivity index (χ0) is 13.5. The molecule has 0 bridgehead atoms. The fraction of sp³-hybridized carbons (Fsp3) is 0.562. The Morgan fingerprint density at radius 2 is 2.00 bits per heavy atom. The SMILES string of the molecule is C[C@@H](CC1CCOCC1)Nc1ccc(CC#N)cc1. The first-order valence-electron chi connectivity index (χ1n) is 7.08. The third kappa shape index (κ3) is 4.57. The van der Waals surface area contributed by atoms with Gasteiger partial charge in [0.25, 0.3) is 0 Å². The van der Waals surface area contributed by atoms with E-state index in [0.717, 1.165) is 30.4 Å². The molecule has 1 aromatic rings. The van der Waals surface area contributed by atoms with E-state index in [2.05, 4.69) is 30.4 Å². The number of hydrogen-bond acceptors (Lipinski definition) is 3. The molecule has 1 aliphatic heterocycles. The highest BCUT2D eigenvalue weighted by atomic mass is 16.5. The van der Waals surface area contributed by atoms with E-state index in [9.17, 15) is 0 Å².